The number of rotatable bonds is 9. The van der Waals surface area contributed by atoms with Crippen LogP contribution in [0.3, 0.4) is 0 Å². The van der Waals surface area contributed by atoms with Crippen LogP contribution in [0.5, 0.6) is 28.7 Å². The third-order valence-electron chi connectivity index (χ3n) is 7.09. The summed E-state index contributed by atoms with van der Waals surface area (Å²) in [6, 6.07) is 7.92. The Balaban J connectivity index is 0.00000400. The zero-order chi connectivity index (χ0) is 26.7. The van der Waals surface area contributed by atoms with Gasteiger partial charge >= 0.3 is 0 Å². The third kappa shape index (κ3) is 5.71. The molecule has 2 aromatic carbocycles. The van der Waals surface area contributed by atoms with E-state index in [9.17, 15) is 4.79 Å². The second-order valence-corrected chi connectivity index (χ2v) is 9.37. The van der Waals surface area contributed by atoms with Gasteiger partial charge in [0.2, 0.25) is 11.7 Å². The number of halogens is 1. The second kappa shape index (κ2) is 12.5. The number of methoxy groups -OCH3 is 5. The quantitative estimate of drug-likeness (QED) is 0.490. The number of carbonyl (C=O) groups is 1. The predicted octanol–water partition coefficient (Wildman–Crippen LogP) is 4.69. The van der Waals surface area contributed by atoms with Gasteiger partial charge in [-0.2, -0.15) is 0 Å². The Morgan fingerprint density at radius 2 is 1.50 bits per heavy atom. The van der Waals surface area contributed by atoms with Gasteiger partial charge in [0.15, 0.2) is 23.0 Å². The fourth-order valence-corrected chi connectivity index (χ4v) is 5.18. The van der Waals surface area contributed by atoms with Crippen LogP contribution < -0.4 is 29.0 Å². The van der Waals surface area contributed by atoms with Gasteiger partial charge in [0.1, 0.15) is 0 Å². The van der Waals surface area contributed by atoms with Crippen molar-refractivity contribution < 1.29 is 28.5 Å². The normalized spacial score (nSPS) is 17.7. The number of hydrogen-bond acceptors (Lipinski definition) is 7. The molecule has 1 atom stereocenters. The highest BCUT2D eigenvalue weighted by Crippen LogP contribution is 2.48. The molecular weight excluding hydrogens is 508 g/mol. The number of likely N-dealkylation sites (N-methyl/N-ethyl adjacent to an activating group) is 1. The molecule has 0 bridgehead atoms. The van der Waals surface area contributed by atoms with Crippen LogP contribution in [0, 0.1) is 0 Å². The first-order chi connectivity index (χ1) is 17.8. The van der Waals surface area contributed by atoms with Crippen LogP contribution in [0.2, 0.25) is 0 Å². The number of allylic oxidation sites excluding steroid dienone is 2. The number of ether oxygens (including phenoxy) is 5. The fraction of sp³-hybridized carbons (Fsp3) is 0.414. The molecule has 0 spiro atoms. The molecule has 8 nitrogen and oxygen atoms in total. The van der Waals surface area contributed by atoms with Crippen molar-refractivity contribution in [1.29, 1.82) is 0 Å². The first-order valence-electron chi connectivity index (χ1n) is 12.3. The van der Waals surface area contributed by atoms with Crippen LogP contribution in [-0.2, 0) is 4.79 Å². The topological polar surface area (TPSA) is 78.5 Å². The standard InChI is InChI=1S/C29H36N2O6.ClH/c1-17-20(10-18-11-26(35-5)29(37-7)27(12-18)36-6)22-13-24(33-3)25(34-4)14-23(22)21(17)15-28(32)30-19-8-9-31(2)16-19;/h10-14,19H,8-9,15-16H2,1-7H3,(H,30,32);1H/b20-10-;/t19-;/m0./s1. The fourth-order valence-electron chi connectivity index (χ4n) is 5.18. The summed E-state index contributed by atoms with van der Waals surface area (Å²) in [6.07, 6.45) is 3.32. The van der Waals surface area contributed by atoms with E-state index in [0.29, 0.717) is 28.7 Å². The molecule has 1 saturated heterocycles. The van der Waals surface area contributed by atoms with Crippen LogP contribution >= 0.6 is 12.4 Å². The highest BCUT2D eigenvalue weighted by molar-refractivity contribution is 6.09. The van der Waals surface area contributed by atoms with Crippen molar-refractivity contribution in [3.63, 3.8) is 0 Å². The van der Waals surface area contributed by atoms with Gasteiger partial charge < -0.3 is 33.9 Å². The molecule has 206 valence electrons. The van der Waals surface area contributed by atoms with Crippen LogP contribution in [0.1, 0.15) is 36.5 Å². The van der Waals surface area contributed by atoms with E-state index in [2.05, 4.69) is 30.3 Å². The van der Waals surface area contributed by atoms with E-state index in [1.165, 1.54) is 0 Å². The molecule has 1 N–H and O–H groups in total. The number of likely N-dealkylation sites (tertiary alicyclic amines) is 1. The lowest BCUT2D eigenvalue weighted by molar-refractivity contribution is -0.120. The van der Waals surface area contributed by atoms with Crippen molar-refractivity contribution in [2.45, 2.75) is 25.8 Å². The second-order valence-electron chi connectivity index (χ2n) is 9.37. The van der Waals surface area contributed by atoms with E-state index in [1.807, 2.05) is 24.3 Å². The Morgan fingerprint density at radius 1 is 0.921 bits per heavy atom. The SMILES string of the molecule is COc1cc2c(cc1OC)/C(=C\c1cc(OC)c(OC)c(OC)c1)C(C)=C2CC(=O)N[C@H]1CCN(C)C1.Cl. The highest BCUT2D eigenvalue weighted by atomic mass is 35.5. The van der Waals surface area contributed by atoms with Gasteiger partial charge in [-0.05, 0) is 90.7 Å². The van der Waals surface area contributed by atoms with E-state index >= 15 is 0 Å². The highest BCUT2D eigenvalue weighted by Gasteiger charge is 2.29. The monoisotopic (exact) mass is 544 g/mol. The number of benzene rings is 2. The summed E-state index contributed by atoms with van der Waals surface area (Å²) in [5.74, 6) is 2.95. The molecule has 1 aliphatic carbocycles. The van der Waals surface area contributed by atoms with Gasteiger partial charge in [-0.1, -0.05) is 0 Å². The Kier molecular flexibility index (Phi) is 9.57. The molecule has 0 radical (unpaired) electrons. The van der Waals surface area contributed by atoms with Crippen molar-refractivity contribution in [1.82, 2.24) is 10.2 Å². The maximum atomic E-state index is 13.1. The minimum atomic E-state index is 0. The summed E-state index contributed by atoms with van der Waals surface area (Å²) in [7, 11) is 10.1. The lowest BCUT2D eigenvalue weighted by Gasteiger charge is -2.15. The molecule has 38 heavy (non-hydrogen) atoms. The van der Waals surface area contributed by atoms with Crippen molar-refractivity contribution in [3.05, 3.63) is 46.5 Å². The summed E-state index contributed by atoms with van der Waals surface area (Å²) >= 11 is 0. The van der Waals surface area contributed by atoms with Gasteiger partial charge in [0.25, 0.3) is 0 Å². The molecule has 2 aliphatic rings. The number of hydrogen-bond donors (Lipinski definition) is 1. The third-order valence-corrected chi connectivity index (χ3v) is 7.09. The lowest BCUT2D eigenvalue weighted by atomic mass is 9.99. The van der Waals surface area contributed by atoms with Crippen molar-refractivity contribution in [2.75, 3.05) is 55.7 Å². The van der Waals surface area contributed by atoms with Gasteiger partial charge in [-0.25, -0.2) is 0 Å². The summed E-state index contributed by atoms with van der Waals surface area (Å²) < 4.78 is 27.8. The average Bonchev–Trinajstić information content (AvgIpc) is 3.42. The van der Waals surface area contributed by atoms with Crippen molar-refractivity contribution >= 4 is 35.5 Å². The van der Waals surface area contributed by atoms with Gasteiger partial charge in [-0.15, -0.1) is 12.4 Å². The average molecular weight is 545 g/mol. The lowest BCUT2D eigenvalue weighted by Crippen LogP contribution is -2.36. The van der Waals surface area contributed by atoms with E-state index in [1.54, 1.807) is 35.5 Å². The Hall–Kier alpha value is -3.36. The molecule has 9 heteroatoms. The first kappa shape index (κ1) is 29.2. The molecular formula is C29H37ClN2O6. The van der Waals surface area contributed by atoms with E-state index in [4.69, 9.17) is 23.7 Å². The van der Waals surface area contributed by atoms with Crippen molar-refractivity contribution in [3.8, 4) is 28.7 Å². The van der Waals surface area contributed by atoms with Crippen LogP contribution in [-0.4, -0.2) is 72.5 Å². The maximum Gasteiger partial charge on any atom is 0.224 e. The molecule has 1 aliphatic heterocycles. The molecule has 0 unspecified atom stereocenters. The largest absolute Gasteiger partial charge is 0.493 e. The van der Waals surface area contributed by atoms with Crippen LogP contribution in [0.15, 0.2) is 29.8 Å². The minimum absolute atomic E-state index is 0. The van der Waals surface area contributed by atoms with Crippen LogP contribution in [0.4, 0.5) is 0 Å². The summed E-state index contributed by atoms with van der Waals surface area (Å²) in [6.45, 7) is 3.92. The number of fused-ring (bicyclic) bond motifs is 1. The maximum absolute atomic E-state index is 13.1. The van der Waals surface area contributed by atoms with E-state index < -0.39 is 0 Å². The van der Waals surface area contributed by atoms with Gasteiger partial charge in [0.05, 0.1) is 42.0 Å². The van der Waals surface area contributed by atoms with E-state index in [0.717, 1.165) is 52.9 Å². The summed E-state index contributed by atoms with van der Waals surface area (Å²) in [5.41, 5.74) is 5.81. The molecule has 2 aromatic rings. The van der Waals surface area contributed by atoms with Crippen LogP contribution in [0.25, 0.3) is 17.2 Å². The molecule has 0 aromatic heterocycles. The molecule has 1 amide bonds. The number of amides is 1. The zero-order valence-electron chi connectivity index (χ0n) is 23.1. The smallest absolute Gasteiger partial charge is 0.224 e. The Bertz CT molecular complexity index is 1230. The molecule has 0 saturated carbocycles. The first-order valence-corrected chi connectivity index (χ1v) is 12.3. The number of nitrogens with zero attached hydrogens (tertiary/aromatic N) is 1. The van der Waals surface area contributed by atoms with Crippen molar-refractivity contribution in [2.24, 2.45) is 0 Å². The Labute approximate surface area is 230 Å². The number of carbonyl (C=O) groups excluding carboxylic acids is 1. The summed E-state index contributed by atoms with van der Waals surface area (Å²) in [4.78, 5) is 15.3. The Morgan fingerprint density at radius 3 is 2.00 bits per heavy atom. The predicted molar refractivity (Wildman–Crippen MR) is 152 cm³/mol. The van der Waals surface area contributed by atoms with Gasteiger partial charge in [-0.3, -0.25) is 4.79 Å². The zero-order valence-corrected chi connectivity index (χ0v) is 23.9. The molecule has 4 rings (SSSR count). The van der Waals surface area contributed by atoms with E-state index in [-0.39, 0.29) is 30.8 Å². The van der Waals surface area contributed by atoms with Gasteiger partial charge in [0, 0.05) is 12.6 Å². The molecule has 1 heterocycles. The summed E-state index contributed by atoms with van der Waals surface area (Å²) in [5, 5.41) is 3.21. The minimum Gasteiger partial charge on any atom is -0.493 e. The number of nitrogens with one attached hydrogen (secondary N) is 1. The molecule has 1 fully saturated rings.